The maximum atomic E-state index is 9.11. The standard InChI is InChI=1S/C16H17N3O/c1-11-9-12(6-8-15(11)20-4)14-7-5-13(10-17)16(18-14)19(2)3/h5-9H,1-4H3. The van der Waals surface area contributed by atoms with Crippen LogP contribution < -0.4 is 9.64 Å². The minimum Gasteiger partial charge on any atom is -0.496 e. The topological polar surface area (TPSA) is 49.1 Å². The molecule has 1 heterocycles. The number of methoxy groups -OCH3 is 1. The molecule has 0 amide bonds. The molecule has 0 N–H and O–H groups in total. The Morgan fingerprint density at radius 1 is 1.20 bits per heavy atom. The van der Waals surface area contributed by atoms with Gasteiger partial charge in [0.15, 0.2) is 0 Å². The Bertz CT molecular complexity index is 672. The minimum atomic E-state index is 0.573. The van der Waals surface area contributed by atoms with Gasteiger partial charge >= 0.3 is 0 Å². The smallest absolute Gasteiger partial charge is 0.146 e. The van der Waals surface area contributed by atoms with Crippen LogP contribution in [0, 0.1) is 18.3 Å². The Kier molecular flexibility index (Phi) is 3.90. The largest absolute Gasteiger partial charge is 0.496 e. The summed E-state index contributed by atoms with van der Waals surface area (Å²) in [5, 5.41) is 9.11. The number of nitriles is 1. The van der Waals surface area contributed by atoms with Crippen molar-refractivity contribution in [3.05, 3.63) is 41.5 Å². The lowest BCUT2D eigenvalue weighted by molar-refractivity contribution is 0.412. The van der Waals surface area contributed by atoms with E-state index in [1.165, 1.54) is 0 Å². The highest BCUT2D eigenvalue weighted by Crippen LogP contribution is 2.27. The molecule has 0 bridgehead atoms. The lowest BCUT2D eigenvalue weighted by Gasteiger charge is -2.14. The third-order valence-corrected chi connectivity index (χ3v) is 3.11. The molecule has 0 saturated carbocycles. The third-order valence-electron chi connectivity index (χ3n) is 3.11. The van der Waals surface area contributed by atoms with Gasteiger partial charge in [-0.2, -0.15) is 5.26 Å². The fraction of sp³-hybridized carbons (Fsp3) is 0.250. The first kappa shape index (κ1) is 13.9. The molecule has 20 heavy (non-hydrogen) atoms. The van der Waals surface area contributed by atoms with Crippen molar-refractivity contribution in [1.29, 1.82) is 5.26 Å². The second-order valence-electron chi connectivity index (χ2n) is 4.76. The van der Waals surface area contributed by atoms with Crippen LogP contribution in [0.15, 0.2) is 30.3 Å². The predicted molar refractivity (Wildman–Crippen MR) is 80.0 cm³/mol. The lowest BCUT2D eigenvalue weighted by Crippen LogP contribution is -2.12. The highest BCUT2D eigenvalue weighted by atomic mass is 16.5. The number of nitrogens with zero attached hydrogens (tertiary/aromatic N) is 3. The Labute approximate surface area is 119 Å². The SMILES string of the molecule is COc1ccc(-c2ccc(C#N)c(N(C)C)n2)cc1C. The van der Waals surface area contributed by atoms with E-state index in [0.717, 1.165) is 22.6 Å². The fourth-order valence-electron chi connectivity index (χ4n) is 2.08. The molecule has 1 aromatic heterocycles. The maximum absolute atomic E-state index is 9.11. The molecule has 0 aliphatic rings. The first-order chi connectivity index (χ1) is 9.56. The summed E-state index contributed by atoms with van der Waals surface area (Å²) in [5.74, 6) is 1.54. The van der Waals surface area contributed by atoms with Crippen LogP contribution in [0.25, 0.3) is 11.3 Å². The average molecular weight is 267 g/mol. The summed E-state index contributed by atoms with van der Waals surface area (Å²) in [4.78, 5) is 6.42. The number of aromatic nitrogens is 1. The molecule has 0 spiro atoms. The Morgan fingerprint density at radius 3 is 2.50 bits per heavy atom. The van der Waals surface area contributed by atoms with E-state index in [-0.39, 0.29) is 0 Å². The number of hydrogen-bond donors (Lipinski definition) is 0. The Hall–Kier alpha value is -2.54. The van der Waals surface area contributed by atoms with E-state index in [4.69, 9.17) is 10.00 Å². The van der Waals surface area contributed by atoms with Crippen LogP contribution in [0.3, 0.4) is 0 Å². The molecule has 0 aliphatic heterocycles. The molecule has 0 fully saturated rings. The first-order valence-electron chi connectivity index (χ1n) is 6.30. The minimum absolute atomic E-state index is 0.573. The summed E-state index contributed by atoms with van der Waals surface area (Å²) < 4.78 is 5.26. The van der Waals surface area contributed by atoms with Crippen molar-refractivity contribution in [1.82, 2.24) is 4.98 Å². The van der Waals surface area contributed by atoms with E-state index in [1.807, 2.05) is 50.2 Å². The molecule has 0 aliphatic carbocycles. The van der Waals surface area contributed by atoms with Crippen LogP contribution in [0.1, 0.15) is 11.1 Å². The van der Waals surface area contributed by atoms with Gasteiger partial charge in [0.2, 0.25) is 0 Å². The molecule has 4 nitrogen and oxygen atoms in total. The summed E-state index contributed by atoms with van der Waals surface area (Å²) in [7, 11) is 5.42. The van der Waals surface area contributed by atoms with Crippen molar-refractivity contribution in [2.75, 3.05) is 26.1 Å². The highest BCUT2D eigenvalue weighted by molar-refractivity contribution is 5.66. The molecular weight excluding hydrogens is 250 g/mol. The molecular formula is C16H17N3O. The third kappa shape index (κ3) is 2.57. The predicted octanol–water partition coefficient (Wildman–Crippen LogP) is 3.00. The number of rotatable bonds is 3. The van der Waals surface area contributed by atoms with Crippen molar-refractivity contribution >= 4 is 5.82 Å². The fourth-order valence-corrected chi connectivity index (χ4v) is 2.08. The Morgan fingerprint density at radius 2 is 1.95 bits per heavy atom. The van der Waals surface area contributed by atoms with Gasteiger partial charge in [-0.3, -0.25) is 0 Å². The Balaban J connectivity index is 2.51. The highest BCUT2D eigenvalue weighted by Gasteiger charge is 2.09. The number of pyridine rings is 1. The van der Waals surface area contributed by atoms with Crippen LogP contribution >= 0.6 is 0 Å². The molecule has 2 aromatic rings. The van der Waals surface area contributed by atoms with Crippen molar-refractivity contribution in [3.8, 4) is 23.1 Å². The maximum Gasteiger partial charge on any atom is 0.146 e. The normalized spacial score (nSPS) is 9.95. The van der Waals surface area contributed by atoms with Crippen LogP contribution in [-0.4, -0.2) is 26.2 Å². The van der Waals surface area contributed by atoms with Gasteiger partial charge in [0.05, 0.1) is 18.4 Å². The average Bonchev–Trinajstić information content (AvgIpc) is 2.46. The van der Waals surface area contributed by atoms with E-state index in [0.29, 0.717) is 11.4 Å². The zero-order valence-corrected chi connectivity index (χ0v) is 12.1. The molecule has 102 valence electrons. The number of hydrogen-bond acceptors (Lipinski definition) is 4. The monoisotopic (exact) mass is 267 g/mol. The zero-order chi connectivity index (χ0) is 14.7. The van der Waals surface area contributed by atoms with Crippen LogP contribution in [0.2, 0.25) is 0 Å². The number of anilines is 1. The van der Waals surface area contributed by atoms with Gasteiger partial charge in [0, 0.05) is 19.7 Å². The van der Waals surface area contributed by atoms with Gasteiger partial charge < -0.3 is 9.64 Å². The van der Waals surface area contributed by atoms with E-state index >= 15 is 0 Å². The van der Waals surface area contributed by atoms with Crippen LogP contribution in [0.5, 0.6) is 5.75 Å². The quantitative estimate of drug-likeness (QED) is 0.857. The van der Waals surface area contributed by atoms with E-state index in [9.17, 15) is 0 Å². The molecule has 0 saturated heterocycles. The molecule has 0 unspecified atom stereocenters. The molecule has 1 aromatic carbocycles. The summed E-state index contributed by atoms with van der Waals surface area (Å²) in [6.07, 6.45) is 0. The van der Waals surface area contributed by atoms with Gasteiger partial charge in [-0.15, -0.1) is 0 Å². The van der Waals surface area contributed by atoms with E-state index in [2.05, 4.69) is 11.1 Å². The van der Waals surface area contributed by atoms with E-state index in [1.54, 1.807) is 13.2 Å². The molecule has 2 rings (SSSR count). The molecule has 4 heteroatoms. The van der Waals surface area contributed by atoms with Gasteiger partial charge in [0.25, 0.3) is 0 Å². The van der Waals surface area contributed by atoms with Crippen LogP contribution in [-0.2, 0) is 0 Å². The van der Waals surface area contributed by atoms with Gasteiger partial charge in [-0.25, -0.2) is 4.98 Å². The lowest BCUT2D eigenvalue weighted by atomic mass is 10.1. The van der Waals surface area contributed by atoms with Crippen molar-refractivity contribution in [3.63, 3.8) is 0 Å². The summed E-state index contributed by atoms with van der Waals surface area (Å²) in [6, 6.07) is 11.8. The number of ether oxygens (including phenoxy) is 1. The number of aryl methyl sites for hydroxylation is 1. The van der Waals surface area contributed by atoms with Crippen molar-refractivity contribution in [2.45, 2.75) is 6.92 Å². The first-order valence-corrected chi connectivity index (χ1v) is 6.30. The molecule has 0 radical (unpaired) electrons. The summed E-state index contributed by atoms with van der Waals surface area (Å²) in [5.41, 5.74) is 3.49. The van der Waals surface area contributed by atoms with Crippen molar-refractivity contribution < 1.29 is 4.74 Å². The summed E-state index contributed by atoms with van der Waals surface area (Å²) >= 11 is 0. The number of benzene rings is 1. The summed E-state index contributed by atoms with van der Waals surface area (Å²) in [6.45, 7) is 2.00. The molecule has 0 atom stereocenters. The van der Waals surface area contributed by atoms with Gasteiger partial charge in [0.1, 0.15) is 17.6 Å². The second-order valence-corrected chi connectivity index (χ2v) is 4.76. The van der Waals surface area contributed by atoms with Crippen LogP contribution in [0.4, 0.5) is 5.82 Å². The van der Waals surface area contributed by atoms with Gasteiger partial charge in [-0.05, 0) is 42.8 Å². The zero-order valence-electron chi connectivity index (χ0n) is 12.1. The van der Waals surface area contributed by atoms with E-state index < -0.39 is 0 Å². The van der Waals surface area contributed by atoms with Crippen molar-refractivity contribution in [2.24, 2.45) is 0 Å². The van der Waals surface area contributed by atoms with Gasteiger partial charge in [-0.1, -0.05) is 0 Å². The second kappa shape index (κ2) is 5.62.